The number of oxazole rings is 1. The first-order valence-electron chi connectivity index (χ1n) is 6.84. The second-order valence-electron chi connectivity index (χ2n) is 5.43. The van der Waals surface area contributed by atoms with Crippen molar-refractivity contribution in [1.29, 1.82) is 0 Å². The molecule has 1 saturated carbocycles. The molecule has 0 spiro atoms. The van der Waals surface area contributed by atoms with Gasteiger partial charge in [-0.3, -0.25) is 9.59 Å². The average Bonchev–Trinajstić information content (AvgIpc) is 3.15. The molecule has 3 rings (SSSR count). The highest BCUT2D eigenvalue weighted by Crippen LogP contribution is 2.45. The van der Waals surface area contributed by atoms with E-state index in [0.29, 0.717) is 17.3 Å². The van der Waals surface area contributed by atoms with Crippen molar-refractivity contribution in [1.82, 2.24) is 10.3 Å². The van der Waals surface area contributed by atoms with Gasteiger partial charge in [0.2, 0.25) is 5.89 Å². The Labute approximate surface area is 138 Å². The summed E-state index contributed by atoms with van der Waals surface area (Å²) in [6.07, 6.45) is 2.19. The van der Waals surface area contributed by atoms with Crippen molar-refractivity contribution >= 4 is 27.8 Å². The maximum absolute atomic E-state index is 13.9. The van der Waals surface area contributed by atoms with Gasteiger partial charge in [-0.25, -0.2) is 9.37 Å². The first-order valence-corrected chi connectivity index (χ1v) is 7.63. The number of carbonyl (C=O) groups excluding carboxylic acids is 1. The molecule has 1 aliphatic carbocycles. The summed E-state index contributed by atoms with van der Waals surface area (Å²) in [7, 11) is 0. The summed E-state index contributed by atoms with van der Waals surface area (Å²) in [6, 6.07) is 4.38. The third-order valence-electron chi connectivity index (χ3n) is 3.79. The van der Waals surface area contributed by atoms with Crippen molar-refractivity contribution in [3.05, 3.63) is 40.4 Å². The number of hydrogen-bond donors (Lipinski definition) is 2. The molecule has 1 aromatic heterocycles. The number of nitrogens with one attached hydrogen (secondary N) is 1. The van der Waals surface area contributed by atoms with Gasteiger partial charge in [0.15, 0.2) is 5.69 Å². The van der Waals surface area contributed by atoms with Gasteiger partial charge >= 0.3 is 5.97 Å². The number of nitrogens with zero attached hydrogens (tertiary/aromatic N) is 1. The first-order chi connectivity index (χ1) is 10.9. The van der Waals surface area contributed by atoms with Crippen LogP contribution >= 0.6 is 15.9 Å². The maximum atomic E-state index is 13.9. The Hall–Kier alpha value is -2.22. The van der Waals surface area contributed by atoms with Crippen LogP contribution in [0.3, 0.4) is 0 Å². The zero-order valence-corrected chi connectivity index (χ0v) is 13.4. The molecule has 1 aliphatic rings. The minimum Gasteiger partial charge on any atom is -0.481 e. The lowest BCUT2D eigenvalue weighted by Crippen LogP contribution is -2.34. The normalized spacial score (nSPS) is 15.2. The molecule has 2 N–H and O–H groups in total. The summed E-state index contributed by atoms with van der Waals surface area (Å²) in [6.45, 7) is 0.0377. The van der Waals surface area contributed by atoms with E-state index in [2.05, 4.69) is 26.2 Å². The first kappa shape index (κ1) is 15.7. The molecule has 23 heavy (non-hydrogen) atoms. The van der Waals surface area contributed by atoms with Crippen molar-refractivity contribution in [2.24, 2.45) is 5.41 Å². The average molecular weight is 383 g/mol. The fourth-order valence-corrected chi connectivity index (χ4v) is 2.45. The standard InChI is InChI=1S/C15H12BrFN2O4/c16-8-1-2-9(10(17)5-8)13-19-11(6-23-13)12(20)18-7-15(3-4-15)14(21)22/h1-2,5-6H,3-4,7H2,(H,18,20)(H,21,22). The molecular formula is C15H12BrFN2O4. The number of hydrogen-bond acceptors (Lipinski definition) is 4. The van der Waals surface area contributed by atoms with Crippen LogP contribution in [0.1, 0.15) is 23.3 Å². The lowest BCUT2D eigenvalue weighted by molar-refractivity contribution is -0.143. The van der Waals surface area contributed by atoms with E-state index >= 15 is 0 Å². The molecule has 8 heteroatoms. The van der Waals surface area contributed by atoms with Crippen LogP contribution in [0.25, 0.3) is 11.5 Å². The van der Waals surface area contributed by atoms with Crippen LogP contribution in [-0.2, 0) is 4.79 Å². The number of halogens is 2. The van der Waals surface area contributed by atoms with E-state index in [4.69, 9.17) is 9.52 Å². The molecule has 1 aromatic carbocycles. The largest absolute Gasteiger partial charge is 0.481 e. The molecule has 2 aromatic rings. The molecule has 0 unspecified atom stereocenters. The second kappa shape index (κ2) is 5.77. The summed E-state index contributed by atoms with van der Waals surface area (Å²) in [5.41, 5.74) is -0.750. The summed E-state index contributed by atoms with van der Waals surface area (Å²) >= 11 is 3.15. The van der Waals surface area contributed by atoms with Crippen LogP contribution in [0.2, 0.25) is 0 Å². The predicted molar refractivity (Wildman–Crippen MR) is 81.2 cm³/mol. The number of benzene rings is 1. The Kier molecular flexibility index (Phi) is 3.93. The molecular weight excluding hydrogens is 371 g/mol. The van der Waals surface area contributed by atoms with Gasteiger partial charge in [0, 0.05) is 11.0 Å². The van der Waals surface area contributed by atoms with Gasteiger partial charge < -0.3 is 14.8 Å². The van der Waals surface area contributed by atoms with Crippen LogP contribution in [0, 0.1) is 11.2 Å². The lowest BCUT2D eigenvalue weighted by Gasteiger charge is -2.09. The van der Waals surface area contributed by atoms with Gasteiger partial charge in [-0.2, -0.15) is 0 Å². The van der Waals surface area contributed by atoms with Crippen molar-refractivity contribution in [3.63, 3.8) is 0 Å². The predicted octanol–water partition coefficient (Wildman–Crippen LogP) is 2.84. The fraction of sp³-hybridized carbons (Fsp3) is 0.267. The minimum absolute atomic E-state index is 0.0143. The van der Waals surface area contributed by atoms with Crippen LogP contribution in [0.5, 0.6) is 0 Å². The van der Waals surface area contributed by atoms with Crippen LogP contribution < -0.4 is 5.32 Å². The van der Waals surface area contributed by atoms with Crippen LogP contribution in [-0.4, -0.2) is 28.5 Å². The van der Waals surface area contributed by atoms with Crippen LogP contribution in [0.4, 0.5) is 4.39 Å². The highest BCUT2D eigenvalue weighted by molar-refractivity contribution is 9.10. The summed E-state index contributed by atoms with van der Waals surface area (Å²) in [5.74, 6) is -2.02. The van der Waals surface area contributed by atoms with Gasteiger partial charge in [0.25, 0.3) is 5.91 Å². The van der Waals surface area contributed by atoms with Crippen molar-refractivity contribution < 1.29 is 23.5 Å². The monoisotopic (exact) mass is 382 g/mol. The topological polar surface area (TPSA) is 92.4 Å². The van der Waals surface area contributed by atoms with Gasteiger partial charge in [-0.05, 0) is 31.0 Å². The SMILES string of the molecule is O=C(NCC1(C(=O)O)CC1)c1coc(-c2ccc(Br)cc2F)n1. The zero-order chi connectivity index (χ0) is 16.6. The third kappa shape index (κ3) is 3.12. The molecule has 1 fully saturated rings. The quantitative estimate of drug-likeness (QED) is 0.829. The Morgan fingerprint density at radius 1 is 1.43 bits per heavy atom. The number of carboxylic acid groups (broad SMARTS) is 1. The summed E-state index contributed by atoms with van der Waals surface area (Å²) < 4.78 is 19.6. The maximum Gasteiger partial charge on any atom is 0.311 e. The Bertz CT molecular complexity index is 786. The molecule has 0 atom stereocenters. The second-order valence-corrected chi connectivity index (χ2v) is 6.35. The molecule has 1 amide bonds. The van der Waals surface area contributed by atoms with Crippen LogP contribution in [0.15, 0.2) is 33.4 Å². The number of carbonyl (C=O) groups is 2. The number of rotatable bonds is 5. The smallest absolute Gasteiger partial charge is 0.311 e. The fourth-order valence-electron chi connectivity index (χ4n) is 2.12. The number of aromatic nitrogens is 1. The van der Waals surface area contributed by atoms with Gasteiger partial charge in [-0.1, -0.05) is 15.9 Å². The van der Waals surface area contributed by atoms with E-state index in [9.17, 15) is 14.0 Å². The Balaban J connectivity index is 1.71. The van der Waals surface area contributed by atoms with E-state index < -0.39 is 23.1 Å². The van der Waals surface area contributed by atoms with Gasteiger partial charge in [0.1, 0.15) is 12.1 Å². The van der Waals surface area contributed by atoms with Crippen molar-refractivity contribution in [3.8, 4) is 11.5 Å². The highest BCUT2D eigenvalue weighted by Gasteiger charge is 2.50. The summed E-state index contributed by atoms with van der Waals surface area (Å²) in [4.78, 5) is 27.0. The third-order valence-corrected chi connectivity index (χ3v) is 4.29. The van der Waals surface area contributed by atoms with E-state index in [1.54, 1.807) is 6.07 Å². The molecule has 6 nitrogen and oxygen atoms in total. The van der Waals surface area contributed by atoms with E-state index in [0.717, 1.165) is 6.26 Å². The Morgan fingerprint density at radius 2 is 2.17 bits per heavy atom. The summed E-state index contributed by atoms with van der Waals surface area (Å²) in [5, 5.41) is 11.6. The zero-order valence-electron chi connectivity index (χ0n) is 11.8. The van der Waals surface area contributed by atoms with E-state index in [1.807, 2.05) is 0 Å². The molecule has 0 aliphatic heterocycles. The lowest BCUT2D eigenvalue weighted by atomic mass is 10.1. The Morgan fingerprint density at radius 3 is 2.78 bits per heavy atom. The molecule has 0 radical (unpaired) electrons. The van der Waals surface area contributed by atoms with E-state index in [1.165, 1.54) is 12.1 Å². The van der Waals surface area contributed by atoms with E-state index in [-0.39, 0.29) is 23.7 Å². The highest BCUT2D eigenvalue weighted by atomic mass is 79.9. The molecule has 120 valence electrons. The van der Waals surface area contributed by atoms with Crippen molar-refractivity contribution in [2.45, 2.75) is 12.8 Å². The minimum atomic E-state index is -0.921. The van der Waals surface area contributed by atoms with Crippen molar-refractivity contribution in [2.75, 3.05) is 6.54 Å². The number of amides is 1. The van der Waals surface area contributed by atoms with Gasteiger partial charge in [0.05, 0.1) is 11.0 Å². The number of aliphatic carboxylic acids is 1. The molecule has 0 bridgehead atoms. The number of carboxylic acids is 1. The van der Waals surface area contributed by atoms with Gasteiger partial charge in [-0.15, -0.1) is 0 Å². The molecule has 0 saturated heterocycles. The molecule has 1 heterocycles.